The minimum atomic E-state index is -0.914. The van der Waals surface area contributed by atoms with Crippen LogP contribution in [0.1, 0.15) is 18.5 Å². The van der Waals surface area contributed by atoms with Crippen molar-refractivity contribution in [2.45, 2.75) is 25.0 Å². The number of aliphatic hydroxyl groups is 1. The molecule has 6 heteroatoms. The fourth-order valence-corrected chi connectivity index (χ4v) is 3.02. The monoisotopic (exact) mass is 319 g/mol. The molecule has 2 aromatic rings. The number of likely N-dealkylation sites (tertiary alicyclic amines) is 1. The van der Waals surface area contributed by atoms with Crippen molar-refractivity contribution in [2.24, 2.45) is 7.05 Å². The first-order valence-electron chi connectivity index (χ1n) is 7.84. The fraction of sp³-hybridized carbons (Fsp3) is 0.471. The molecule has 5 nitrogen and oxygen atoms in total. The Morgan fingerprint density at radius 1 is 1.39 bits per heavy atom. The molecule has 124 valence electrons. The number of β-amino-alcohol motifs (C(OH)–C–C–N with tert-alkyl or cyclic N) is 1. The van der Waals surface area contributed by atoms with Gasteiger partial charge in [0.2, 0.25) is 0 Å². The Labute approximate surface area is 135 Å². The standard InChI is InChI=1S/C17H22FN3O2/c1-20-15(6-8-19-20)11-21-9-3-7-17(22,12-21)13-23-16-5-2-4-14(18)10-16/h2,4-6,8,10,22H,3,7,9,11-13H2,1H3/t17-/m1/s1. The summed E-state index contributed by atoms with van der Waals surface area (Å²) >= 11 is 0. The number of aromatic nitrogens is 2. The lowest BCUT2D eigenvalue weighted by Crippen LogP contribution is -2.51. The summed E-state index contributed by atoms with van der Waals surface area (Å²) in [7, 11) is 1.92. The highest BCUT2D eigenvalue weighted by atomic mass is 19.1. The van der Waals surface area contributed by atoms with Gasteiger partial charge >= 0.3 is 0 Å². The first kappa shape index (κ1) is 16.0. The lowest BCUT2D eigenvalue weighted by Gasteiger charge is -2.38. The van der Waals surface area contributed by atoms with Gasteiger partial charge in [-0.25, -0.2) is 4.39 Å². The molecule has 0 amide bonds. The van der Waals surface area contributed by atoms with E-state index in [9.17, 15) is 9.50 Å². The maximum Gasteiger partial charge on any atom is 0.126 e. The largest absolute Gasteiger partial charge is 0.490 e. The van der Waals surface area contributed by atoms with E-state index in [-0.39, 0.29) is 12.4 Å². The third-order valence-corrected chi connectivity index (χ3v) is 4.25. The van der Waals surface area contributed by atoms with Crippen LogP contribution < -0.4 is 4.74 Å². The summed E-state index contributed by atoms with van der Waals surface area (Å²) in [6.45, 7) is 2.39. The van der Waals surface area contributed by atoms with Crippen LogP contribution in [0, 0.1) is 5.82 Å². The smallest absolute Gasteiger partial charge is 0.126 e. The SMILES string of the molecule is Cn1nccc1CN1CCC[C@](O)(COc2cccc(F)c2)C1. The predicted molar refractivity (Wildman–Crippen MR) is 84.6 cm³/mol. The Morgan fingerprint density at radius 3 is 3.00 bits per heavy atom. The van der Waals surface area contributed by atoms with E-state index >= 15 is 0 Å². The summed E-state index contributed by atoms with van der Waals surface area (Å²) in [6, 6.07) is 7.99. The molecule has 23 heavy (non-hydrogen) atoms. The zero-order valence-corrected chi connectivity index (χ0v) is 13.3. The van der Waals surface area contributed by atoms with E-state index in [2.05, 4.69) is 10.00 Å². The summed E-state index contributed by atoms with van der Waals surface area (Å²) < 4.78 is 20.6. The normalized spacial score (nSPS) is 22.2. The van der Waals surface area contributed by atoms with Crippen LogP contribution in [0.15, 0.2) is 36.5 Å². The molecule has 0 bridgehead atoms. The molecule has 1 fully saturated rings. The molecule has 0 spiro atoms. The van der Waals surface area contributed by atoms with Gasteiger partial charge in [-0.1, -0.05) is 6.07 Å². The van der Waals surface area contributed by atoms with Crippen LogP contribution >= 0.6 is 0 Å². The Morgan fingerprint density at radius 2 is 2.26 bits per heavy atom. The Hall–Kier alpha value is -1.92. The van der Waals surface area contributed by atoms with Crippen LogP contribution in [0.25, 0.3) is 0 Å². The van der Waals surface area contributed by atoms with Crippen LogP contribution in [0.4, 0.5) is 4.39 Å². The van der Waals surface area contributed by atoms with Gasteiger partial charge in [-0.3, -0.25) is 9.58 Å². The zero-order chi connectivity index (χ0) is 16.3. The molecule has 2 heterocycles. The van der Waals surface area contributed by atoms with Gasteiger partial charge in [-0.15, -0.1) is 0 Å². The number of ether oxygens (including phenoxy) is 1. The van der Waals surface area contributed by atoms with Gasteiger partial charge in [-0.2, -0.15) is 5.10 Å². The molecular formula is C17H22FN3O2. The fourth-order valence-electron chi connectivity index (χ4n) is 3.02. The molecule has 0 saturated carbocycles. The minimum Gasteiger partial charge on any atom is -0.490 e. The van der Waals surface area contributed by atoms with Gasteiger partial charge in [-0.05, 0) is 37.6 Å². The topological polar surface area (TPSA) is 50.5 Å². The van der Waals surface area contributed by atoms with Crippen molar-refractivity contribution in [1.82, 2.24) is 14.7 Å². The lowest BCUT2D eigenvalue weighted by atomic mass is 9.93. The van der Waals surface area contributed by atoms with Crippen molar-refractivity contribution in [3.05, 3.63) is 48.0 Å². The van der Waals surface area contributed by atoms with E-state index in [1.165, 1.54) is 12.1 Å². The molecule has 1 aliphatic heterocycles. The molecule has 1 saturated heterocycles. The minimum absolute atomic E-state index is 0.165. The average molecular weight is 319 g/mol. The molecule has 1 N–H and O–H groups in total. The molecule has 1 atom stereocenters. The van der Waals surface area contributed by atoms with Crippen molar-refractivity contribution in [1.29, 1.82) is 0 Å². The molecule has 1 aromatic carbocycles. The number of hydrogen-bond donors (Lipinski definition) is 1. The molecule has 3 rings (SSSR count). The summed E-state index contributed by atoms with van der Waals surface area (Å²) in [6.07, 6.45) is 3.36. The van der Waals surface area contributed by atoms with Crippen LogP contribution in [0.5, 0.6) is 5.75 Å². The van der Waals surface area contributed by atoms with E-state index in [0.717, 1.165) is 25.2 Å². The van der Waals surface area contributed by atoms with Crippen molar-refractivity contribution in [3.8, 4) is 5.75 Å². The molecule has 0 unspecified atom stereocenters. The zero-order valence-electron chi connectivity index (χ0n) is 13.3. The Balaban J connectivity index is 1.59. The summed E-state index contributed by atoms with van der Waals surface area (Å²) in [5, 5.41) is 15.0. The second-order valence-corrected chi connectivity index (χ2v) is 6.23. The van der Waals surface area contributed by atoms with Crippen LogP contribution in [-0.4, -0.2) is 45.1 Å². The van der Waals surface area contributed by atoms with Crippen LogP contribution in [0.2, 0.25) is 0 Å². The highest BCUT2D eigenvalue weighted by Crippen LogP contribution is 2.24. The van der Waals surface area contributed by atoms with E-state index in [1.54, 1.807) is 18.3 Å². The maximum atomic E-state index is 13.2. The summed E-state index contributed by atoms with van der Waals surface area (Å²) in [5.74, 6) is 0.109. The van der Waals surface area contributed by atoms with E-state index < -0.39 is 5.60 Å². The first-order valence-corrected chi connectivity index (χ1v) is 7.84. The number of piperidine rings is 1. The van der Waals surface area contributed by atoms with Crippen molar-refractivity contribution < 1.29 is 14.2 Å². The quantitative estimate of drug-likeness (QED) is 0.915. The van der Waals surface area contributed by atoms with Gasteiger partial charge in [0.15, 0.2) is 0 Å². The highest BCUT2D eigenvalue weighted by molar-refractivity contribution is 5.22. The number of nitrogens with zero attached hydrogens (tertiary/aromatic N) is 3. The van der Waals surface area contributed by atoms with Crippen molar-refractivity contribution >= 4 is 0 Å². The third kappa shape index (κ3) is 4.09. The van der Waals surface area contributed by atoms with Gasteiger partial charge in [0.05, 0.1) is 5.69 Å². The summed E-state index contributed by atoms with van der Waals surface area (Å²) in [4.78, 5) is 2.20. The van der Waals surface area contributed by atoms with E-state index in [4.69, 9.17) is 4.74 Å². The van der Waals surface area contributed by atoms with Gasteiger partial charge in [0, 0.05) is 32.4 Å². The molecular weight excluding hydrogens is 297 g/mol. The van der Waals surface area contributed by atoms with Crippen LogP contribution in [0.3, 0.4) is 0 Å². The lowest BCUT2D eigenvalue weighted by molar-refractivity contribution is -0.0625. The molecule has 0 radical (unpaired) electrons. The van der Waals surface area contributed by atoms with E-state index in [1.807, 2.05) is 17.8 Å². The molecule has 1 aromatic heterocycles. The average Bonchev–Trinajstić information content (AvgIpc) is 2.91. The maximum absolute atomic E-state index is 13.2. The number of rotatable bonds is 5. The van der Waals surface area contributed by atoms with Gasteiger partial charge in [0.1, 0.15) is 23.8 Å². The number of hydrogen-bond acceptors (Lipinski definition) is 4. The Bertz CT molecular complexity index is 661. The van der Waals surface area contributed by atoms with Crippen LogP contribution in [-0.2, 0) is 13.6 Å². The first-order chi connectivity index (χ1) is 11.0. The third-order valence-electron chi connectivity index (χ3n) is 4.25. The molecule has 1 aliphatic rings. The second kappa shape index (κ2) is 6.68. The second-order valence-electron chi connectivity index (χ2n) is 6.23. The van der Waals surface area contributed by atoms with Gasteiger partial charge in [0.25, 0.3) is 0 Å². The van der Waals surface area contributed by atoms with Crippen molar-refractivity contribution in [2.75, 3.05) is 19.7 Å². The number of aryl methyl sites for hydroxylation is 1. The Kier molecular flexibility index (Phi) is 4.63. The molecule has 0 aliphatic carbocycles. The van der Waals surface area contributed by atoms with Crippen molar-refractivity contribution in [3.63, 3.8) is 0 Å². The van der Waals surface area contributed by atoms with Gasteiger partial charge < -0.3 is 9.84 Å². The number of halogens is 1. The van der Waals surface area contributed by atoms with E-state index in [0.29, 0.717) is 18.7 Å². The highest BCUT2D eigenvalue weighted by Gasteiger charge is 2.34. The number of benzene rings is 1. The predicted octanol–water partition coefficient (Wildman–Crippen LogP) is 1.97. The summed E-state index contributed by atoms with van der Waals surface area (Å²) in [5.41, 5.74) is 0.198.